The highest BCUT2D eigenvalue weighted by molar-refractivity contribution is 5.99. The molecule has 6 nitrogen and oxygen atoms in total. The van der Waals surface area contributed by atoms with Crippen molar-refractivity contribution in [3.63, 3.8) is 0 Å². The quantitative estimate of drug-likeness (QED) is 0.604. The van der Waals surface area contributed by atoms with Gasteiger partial charge in [0.25, 0.3) is 5.91 Å². The van der Waals surface area contributed by atoms with E-state index in [0.717, 1.165) is 6.42 Å². The zero-order valence-corrected chi connectivity index (χ0v) is 18.3. The van der Waals surface area contributed by atoms with Gasteiger partial charge in [0.15, 0.2) is 12.4 Å². The summed E-state index contributed by atoms with van der Waals surface area (Å²) in [5.41, 5.74) is 2.73. The van der Waals surface area contributed by atoms with E-state index < -0.39 is 0 Å². The standard InChI is InChI=1S/C24H30N2O4/c1-6-7-22(28)26-19-12-13-21(20(14-19)16(2)27)30-15-23(29)25-18-10-8-17(9-11-18)24(3,4)5/h8-14H,6-7,15H2,1-5H3,(H,25,29)(H,26,28). The van der Waals surface area contributed by atoms with Gasteiger partial charge in [0.2, 0.25) is 5.91 Å². The molecule has 0 radical (unpaired) electrons. The van der Waals surface area contributed by atoms with Crippen molar-refractivity contribution in [3.8, 4) is 5.75 Å². The second kappa shape index (κ2) is 10.1. The summed E-state index contributed by atoms with van der Waals surface area (Å²) in [5.74, 6) is -0.352. The third-order valence-corrected chi connectivity index (χ3v) is 4.51. The van der Waals surface area contributed by atoms with Crippen molar-refractivity contribution < 1.29 is 19.1 Å². The van der Waals surface area contributed by atoms with Gasteiger partial charge in [-0.15, -0.1) is 0 Å². The first kappa shape index (κ1) is 23.1. The Morgan fingerprint density at radius 2 is 1.50 bits per heavy atom. The van der Waals surface area contributed by atoms with Gasteiger partial charge < -0.3 is 15.4 Å². The van der Waals surface area contributed by atoms with Crippen LogP contribution in [0.15, 0.2) is 42.5 Å². The summed E-state index contributed by atoms with van der Waals surface area (Å²) in [4.78, 5) is 36.0. The maximum Gasteiger partial charge on any atom is 0.262 e. The van der Waals surface area contributed by atoms with Gasteiger partial charge in [-0.3, -0.25) is 14.4 Å². The highest BCUT2D eigenvalue weighted by atomic mass is 16.5. The van der Waals surface area contributed by atoms with E-state index >= 15 is 0 Å². The van der Waals surface area contributed by atoms with Crippen molar-refractivity contribution in [2.24, 2.45) is 0 Å². The van der Waals surface area contributed by atoms with Crippen LogP contribution in [0.25, 0.3) is 0 Å². The molecular weight excluding hydrogens is 380 g/mol. The molecule has 2 amide bonds. The monoisotopic (exact) mass is 410 g/mol. The summed E-state index contributed by atoms with van der Waals surface area (Å²) < 4.78 is 5.57. The number of Topliss-reactive ketones (excluding diaryl/α,β-unsaturated/α-hetero) is 1. The lowest BCUT2D eigenvalue weighted by atomic mass is 9.87. The van der Waals surface area contributed by atoms with Crippen LogP contribution in [0.4, 0.5) is 11.4 Å². The number of hydrogen-bond acceptors (Lipinski definition) is 4. The van der Waals surface area contributed by atoms with Crippen LogP contribution in [0.1, 0.15) is 63.4 Å². The molecule has 2 rings (SSSR count). The Kier molecular flexibility index (Phi) is 7.75. The molecule has 2 aromatic carbocycles. The average molecular weight is 411 g/mol. The largest absolute Gasteiger partial charge is 0.483 e. The highest BCUT2D eigenvalue weighted by Gasteiger charge is 2.15. The van der Waals surface area contributed by atoms with Crippen molar-refractivity contribution in [2.45, 2.75) is 52.9 Å². The summed E-state index contributed by atoms with van der Waals surface area (Å²) in [6.45, 7) is 9.48. The second-order valence-electron chi connectivity index (χ2n) is 8.23. The lowest BCUT2D eigenvalue weighted by molar-refractivity contribution is -0.118. The van der Waals surface area contributed by atoms with Gasteiger partial charge in [-0.2, -0.15) is 0 Å². The van der Waals surface area contributed by atoms with Gasteiger partial charge in [0.1, 0.15) is 5.75 Å². The minimum absolute atomic E-state index is 0.0386. The Balaban J connectivity index is 2.01. The number of anilines is 2. The van der Waals surface area contributed by atoms with Crippen LogP contribution in [0.5, 0.6) is 5.75 Å². The molecular formula is C24H30N2O4. The lowest BCUT2D eigenvalue weighted by Crippen LogP contribution is -2.21. The molecule has 160 valence electrons. The van der Waals surface area contributed by atoms with Crippen molar-refractivity contribution >= 4 is 29.0 Å². The van der Waals surface area contributed by atoms with Crippen LogP contribution >= 0.6 is 0 Å². The molecule has 6 heteroatoms. The first-order chi connectivity index (χ1) is 14.1. The predicted octanol–water partition coefficient (Wildman–Crippen LogP) is 4.94. The Hall–Kier alpha value is -3.15. The Labute approximate surface area is 178 Å². The van der Waals surface area contributed by atoms with Crippen molar-refractivity contribution in [1.29, 1.82) is 0 Å². The Bertz CT molecular complexity index is 912. The molecule has 0 bridgehead atoms. The van der Waals surface area contributed by atoms with E-state index in [-0.39, 0.29) is 29.6 Å². The molecule has 0 aliphatic carbocycles. The molecule has 0 aromatic heterocycles. The van der Waals surface area contributed by atoms with Gasteiger partial charge in [-0.05, 0) is 54.7 Å². The molecule has 0 saturated heterocycles. The van der Waals surface area contributed by atoms with E-state index in [1.807, 2.05) is 31.2 Å². The maximum absolute atomic E-state index is 12.3. The summed E-state index contributed by atoms with van der Waals surface area (Å²) in [5, 5.41) is 5.54. The minimum Gasteiger partial charge on any atom is -0.483 e. The summed E-state index contributed by atoms with van der Waals surface area (Å²) in [6, 6.07) is 12.5. The van der Waals surface area contributed by atoms with E-state index in [1.54, 1.807) is 18.2 Å². The molecule has 0 spiro atoms. The van der Waals surface area contributed by atoms with Crippen LogP contribution in [-0.4, -0.2) is 24.2 Å². The smallest absolute Gasteiger partial charge is 0.262 e. The molecule has 2 N–H and O–H groups in total. The first-order valence-corrected chi connectivity index (χ1v) is 10.1. The number of amides is 2. The van der Waals surface area contributed by atoms with Crippen LogP contribution in [0.2, 0.25) is 0 Å². The lowest BCUT2D eigenvalue weighted by Gasteiger charge is -2.19. The first-order valence-electron chi connectivity index (χ1n) is 10.1. The minimum atomic E-state index is -0.326. The molecule has 0 fully saturated rings. The second-order valence-corrected chi connectivity index (χ2v) is 8.23. The van der Waals surface area contributed by atoms with Gasteiger partial charge in [-0.1, -0.05) is 39.8 Å². The van der Waals surface area contributed by atoms with E-state index in [0.29, 0.717) is 29.1 Å². The Morgan fingerprint density at radius 1 is 0.900 bits per heavy atom. The fraction of sp³-hybridized carbons (Fsp3) is 0.375. The number of hydrogen-bond donors (Lipinski definition) is 2. The average Bonchev–Trinajstić information content (AvgIpc) is 2.66. The zero-order chi connectivity index (χ0) is 22.3. The fourth-order valence-corrected chi connectivity index (χ4v) is 2.85. The van der Waals surface area contributed by atoms with Crippen LogP contribution in [0, 0.1) is 0 Å². The number of carbonyl (C=O) groups excluding carboxylic acids is 3. The third kappa shape index (κ3) is 6.72. The molecule has 0 unspecified atom stereocenters. The molecule has 0 heterocycles. The van der Waals surface area contributed by atoms with Crippen LogP contribution in [0.3, 0.4) is 0 Å². The number of carbonyl (C=O) groups is 3. The molecule has 30 heavy (non-hydrogen) atoms. The molecule has 2 aromatic rings. The summed E-state index contributed by atoms with van der Waals surface area (Å²) in [6.07, 6.45) is 1.14. The molecule has 0 aliphatic rings. The predicted molar refractivity (Wildman–Crippen MR) is 119 cm³/mol. The van der Waals surface area contributed by atoms with E-state index in [1.165, 1.54) is 12.5 Å². The van der Waals surface area contributed by atoms with Crippen LogP contribution < -0.4 is 15.4 Å². The van der Waals surface area contributed by atoms with E-state index in [4.69, 9.17) is 4.74 Å². The number of ether oxygens (including phenoxy) is 1. The van der Waals surface area contributed by atoms with E-state index in [2.05, 4.69) is 31.4 Å². The topological polar surface area (TPSA) is 84.5 Å². The Morgan fingerprint density at radius 3 is 2.07 bits per heavy atom. The number of nitrogens with one attached hydrogen (secondary N) is 2. The summed E-state index contributed by atoms with van der Waals surface area (Å²) in [7, 11) is 0. The van der Waals surface area contributed by atoms with Gasteiger partial charge >= 0.3 is 0 Å². The SMILES string of the molecule is CCCC(=O)Nc1ccc(OCC(=O)Nc2ccc(C(C)(C)C)cc2)c(C(C)=O)c1. The van der Waals surface area contributed by atoms with Gasteiger partial charge in [0, 0.05) is 17.8 Å². The van der Waals surface area contributed by atoms with Gasteiger partial charge in [-0.25, -0.2) is 0 Å². The van der Waals surface area contributed by atoms with Crippen molar-refractivity contribution in [1.82, 2.24) is 0 Å². The molecule has 0 atom stereocenters. The van der Waals surface area contributed by atoms with Crippen molar-refractivity contribution in [2.75, 3.05) is 17.2 Å². The normalized spacial score (nSPS) is 11.0. The number of ketones is 1. The van der Waals surface area contributed by atoms with Crippen LogP contribution in [-0.2, 0) is 15.0 Å². The molecule has 0 saturated carbocycles. The van der Waals surface area contributed by atoms with Crippen molar-refractivity contribution in [3.05, 3.63) is 53.6 Å². The third-order valence-electron chi connectivity index (χ3n) is 4.51. The van der Waals surface area contributed by atoms with E-state index in [9.17, 15) is 14.4 Å². The fourth-order valence-electron chi connectivity index (χ4n) is 2.85. The van der Waals surface area contributed by atoms with Gasteiger partial charge in [0.05, 0.1) is 5.56 Å². The number of benzene rings is 2. The zero-order valence-electron chi connectivity index (χ0n) is 18.3. The number of rotatable bonds is 8. The maximum atomic E-state index is 12.3. The molecule has 0 aliphatic heterocycles. The highest BCUT2D eigenvalue weighted by Crippen LogP contribution is 2.25. The summed E-state index contributed by atoms with van der Waals surface area (Å²) >= 11 is 0.